The van der Waals surface area contributed by atoms with Crippen molar-refractivity contribution < 1.29 is 33.7 Å². The monoisotopic (exact) mass is 552 g/mol. The molecule has 0 saturated heterocycles. The van der Waals surface area contributed by atoms with Crippen LogP contribution < -0.4 is 0 Å². The van der Waals surface area contributed by atoms with Crippen LogP contribution in [-0.2, 0) is 28.6 Å². The van der Waals surface area contributed by atoms with Crippen molar-refractivity contribution in [1.29, 1.82) is 0 Å². The van der Waals surface area contributed by atoms with E-state index in [1.807, 2.05) is 0 Å². The summed E-state index contributed by atoms with van der Waals surface area (Å²) in [5.41, 5.74) is -0.527. The maximum atomic E-state index is 12.6. The van der Waals surface area contributed by atoms with Gasteiger partial charge in [0.1, 0.15) is 12.7 Å². The number of alkyl halides is 1. The minimum atomic E-state index is -0.937. The maximum absolute atomic E-state index is 12.6. The number of halogens is 1. The van der Waals surface area contributed by atoms with Crippen LogP contribution in [-0.4, -0.2) is 52.8 Å². The van der Waals surface area contributed by atoms with Crippen LogP contribution in [0, 0.1) is 34.5 Å². The van der Waals surface area contributed by atoms with Crippen LogP contribution in [0.15, 0.2) is 11.6 Å². The van der Waals surface area contributed by atoms with Gasteiger partial charge < -0.3 is 19.3 Å². The van der Waals surface area contributed by atoms with Crippen LogP contribution in [0.4, 0.5) is 0 Å². The number of fused-ring (bicyclic) bond motifs is 5. The van der Waals surface area contributed by atoms with Gasteiger partial charge in [-0.1, -0.05) is 22.9 Å². The summed E-state index contributed by atoms with van der Waals surface area (Å²) in [4.78, 5) is 35.3. The van der Waals surface area contributed by atoms with Crippen molar-refractivity contribution in [1.82, 2.24) is 0 Å². The predicted octanol–water partition coefficient (Wildman–Crippen LogP) is 4.09. The highest BCUT2D eigenvalue weighted by Crippen LogP contribution is 2.71. The van der Waals surface area contributed by atoms with Crippen LogP contribution in [0.3, 0.4) is 0 Å². The van der Waals surface area contributed by atoms with E-state index in [0.29, 0.717) is 13.2 Å². The fourth-order valence-electron chi connectivity index (χ4n) is 8.99. The lowest BCUT2D eigenvalue weighted by atomic mass is 9.43. The molecule has 0 bridgehead atoms. The van der Waals surface area contributed by atoms with Crippen molar-refractivity contribution in [3.8, 4) is 0 Å². The van der Waals surface area contributed by atoms with Gasteiger partial charge in [-0.3, -0.25) is 9.59 Å². The number of hydrogen-bond acceptors (Lipinski definition) is 7. The van der Waals surface area contributed by atoms with Crippen molar-refractivity contribution in [3.05, 3.63) is 11.6 Å². The highest BCUT2D eigenvalue weighted by Gasteiger charge is 2.71. The van der Waals surface area contributed by atoms with Gasteiger partial charge in [0.05, 0.1) is 12.2 Å². The normalized spacial score (nSPS) is 46.5. The first-order valence-corrected chi connectivity index (χ1v) is 14.0. The molecule has 0 amide bonds. The van der Waals surface area contributed by atoms with E-state index < -0.39 is 5.60 Å². The topological polar surface area (TPSA) is 99.1 Å². The summed E-state index contributed by atoms with van der Waals surface area (Å²) >= 11 is 3.89. The molecule has 5 aliphatic rings. The number of hydrogen-bond donors (Lipinski definition) is 1. The average molecular weight is 553 g/mol. The zero-order valence-corrected chi connectivity index (χ0v) is 22.5. The Kier molecular flexibility index (Phi) is 6.39. The Labute approximate surface area is 215 Å². The zero-order chi connectivity index (χ0) is 25.2. The van der Waals surface area contributed by atoms with Gasteiger partial charge in [-0.25, -0.2) is 4.79 Å². The van der Waals surface area contributed by atoms with Crippen LogP contribution in [0.5, 0.6) is 0 Å². The van der Waals surface area contributed by atoms with Gasteiger partial charge in [0.15, 0.2) is 0 Å². The molecule has 7 nitrogen and oxygen atoms in total. The molecule has 35 heavy (non-hydrogen) atoms. The van der Waals surface area contributed by atoms with Gasteiger partial charge >= 0.3 is 17.9 Å². The van der Waals surface area contributed by atoms with Crippen LogP contribution >= 0.6 is 15.9 Å². The van der Waals surface area contributed by atoms with Gasteiger partial charge in [-0.05, 0) is 80.6 Å². The second-order valence-electron chi connectivity index (χ2n) is 11.9. The number of esters is 3. The van der Waals surface area contributed by atoms with E-state index in [4.69, 9.17) is 14.2 Å². The number of carbonyl (C=O) groups excluding carboxylic acids is 3. The summed E-state index contributed by atoms with van der Waals surface area (Å²) in [6.45, 7) is 5.79. The second kappa shape index (κ2) is 8.86. The van der Waals surface area contributed by atoms with Crippen LogP contribution in [0.2, 0.25) is 0 Å². The third-order valence-electron chi connectivity index (χ3n) is 10.5. The molecule has 1 heterocycles. The first-order chi connectivity index (χ1) is 16.5. The van der Waals surface area contributed by atoms with Gasteiger partial charge in [0.25, 0.3) is 0 Å². The van der Waals surface area contributed by atoms with E-state index >= 15 is 0 Å². The maximum Gasteiger partial charge on any atom is 0.331 e. The fraction of sp³-hybridized carbons (Fsp3) is 0.815. The molecule has 0 aromatic carbocycles. The molecule has 1 aliphatic heterocycles. The Bertz CT molecular complexity index is 948. The van der Waals surface area contributed by atoms with Crippen LogP contribution in [0.1, 0.15) is 72.1 Å². The SMILES string of the molecule is CC(=O)OC[C@]12CC[C@H](OC(C)=O)C[C@@H]1CC[C@@H]1[C@@H]2CC[C@]2(C)[C@@H](C3=CC(=O)OC3)C[C@H](Br)[C@]12O. The van der Waals surface area contributed by atoms with Crippen molar-refractivity contribution in [2.24, 2.45) is 34.5 Å². The van der Waals surface area contributed by atoms with E-state index in [1.165, 1.54) is 13.8 Å². The molecule has 0 aromatic rings. The average Bonchev–Trinajstić information content (AvgIpc) is 3.31. The number of cyclic esters (lactones) is 1. The largest absolute Gasteiger partial charge is 0.465 e. The smallest absolute Gasteiger partial charge is 0.331 e. The summed E-state index contributed by atoms with van der Waals surface area (Å²) in [6.07, 6.45) is 8.24. The zero-order valence-electron chi connectivity index (χ0n) is 20.9. The summed E-state index contributed by atoms with van der Waals surface area (Å²) in [5, 5.41) is 12.6. The van der Waals surface area contributed by atoms with E-state index in [0.717, 1.165) is 56.9 Å². The highest BCUT2D eigenvalue weighted by molar-refractivity contribution is 9.09. The molecule has 4 saturated carbocycles. The molecular weight excluding hydrogens is 516 g/mol. The molecule has 9 atom stereocenters. The molecule has 194 valence electrons. The molecule has 0 spiro atoms. The van der Waals surface area contributed by atoms with E-state index in [-0.39, 0.29) is 63.3 Å². The third-order valence-corrected chi connectivity index (χ3v) is 11.6. The minimum Gasteiger partial charge on any atom is -0.465 e. The Balaban J connectivity index is 1.48. The molecular formula is C27H37BrO7. The van der Waals surface area contributed by atoms with E-state index in [1.54, 1.807) is 6.08 Å². The molecule has 0 aromatic heterocycles. The Morgan fingerprint density at radius 1 is 1.11 bits per heavy atom. The third kappa shape index (κ3) is 3.80. The molecule has 4 aliphatic carbocycles. The number of ether oxygens (including phenoxy) is 3. The van der Waals surface area contributed by atoms with Crippen molar-refractivity contribution in [2.45, 2.75) is 88.7 Å². The summed E-state index contributed by atoms with van der Waals surface area (Å²) in [5.74, 6) is -0.169. The quantitative estimate of drug-likeness (QED) is 0.318. The van der Waals surface area contributed by atoms with Gasteiger partial charge in [0, 0.05) is 35.6 Å². The lowest BCUT2D eigenvalue weighted by molar-refractivity contribution is -0.222. The first kappa shape index (κ1) is 25.2. The summed E-state index contributed by atoms with van der Waals surface area (Å²) in [7, 11) is 0. The lowest BCUT2D eigenvalue weighted by Crippen LogP contribution is -2.66. The van der Waals surface area contributed by atoms with Crippen molar-refractivity contribution >= 4 is 33.8 Å². The van der Waals surface area contributed by atoms with Crippen LogP contribution in [0.25, 0.3) is 0 Å². The van der Waals surface area contributed by atoms with Crippen molar-refractivity contribution in [2.75, 3.05) is 13.2 Å². The van der Waals surface area contributed by atoms with Gasteiger partial charge in [-0.15, -0.1) is 0 Å². The number of rotatable bonds is 4. The second-order valence-corrected chi connectivity index (χ2v) is 13.0. The Morgan fingerprint density at radius 3 is 2.54 bits per heavy atom. The summed E-state index contributed by atoms with van der Waals surface area (Å²) < 4.78 is 16.6. The minimum absolute atomic E-state index is 0.0614. The van der Waals surface area contributed by atoms with Gasteiger partial charge in [0.2, 0.25) is 0 Å². The Hall–Kier alpha value is -1.41. The van der Waals surface area contributed by atoms with E-state index in [9.17, 15) is 19.5 Å². The number of aliphatic hydroxyl groups is 1. The predicted molar refractivity (Wildman–Crippen MR) is 130 cm³/mol. The molecule has 8 heteroatoms. The Morgan fingerprint density at radius 2 is 1.89 bits per heavy atom. The highest BCUT2D eigenvalue weighted by atomic mass is 79.9. The molecule has 4 fully saturated rings. The molecule has 5 rings (SSSR count). The summed E-state index contributed by atoms with van der Waals surface area (Å²) in [6, 6.07) is 0. The first-order valence-electron chi connectivity index (χ1n) is 13.1. The van der Waals surface area contributed by atoms with Gasteiger partial charge in [-0.2, -0.15) is 0 Å². The standard InChI is InChI=1S/C27H37BrO7/c1-15(29)34-14-26-9-6-19(35-16(2)30)11-18(26)4-5-21-20(26)7-8-25(3)22(12-23(28)27(21,25)32)17-10-24(31)33-13-17/h10,18-23,32H,4-9,11-14H2,1-3H3/t18-,19-,20-,21+,22+,23-,25+,26+,27+/m0/s1. The fourth-order valence-corrected chi connectivity index (χ4v) is 10.2. The lowest BCUT2D eigenvalue weighted by Gasteiger charge is -2.64. The number of carbonyl (C=O) groups is 3. The van der Waals surface area contributed by atoms with E-state index in [2.05, 4.69) is 22.9 Å². The molecule has 1 N–H and O–H groups in total. The van der Waals surface area contributed by atoms with Crippen molar-refractivity contribution in [3.63, 3.8) is 0 Å². The molecule has 0 radical (unpaired) electrons. The molecule has 0 unspecified atom stereocenters.